The van der Waals surface area contributed by atoms with E-state index in [1.807, 2.05) is 36.2 Å². The number of hydrogen-bond acceptors (Lipinski definition) is 6. The van der Waals surface area contributed by atoms with Crippen molar-refractivity contribution in [2.24, 2.45) is 4.99 Å². The van der Waals surface area contributed by atoms with Gasteiger partial charge >= 0.3 is 0 Å². The van der Waals surface area contributed by atoms with Gasteiger partial charge in [0.25, 0.3) is 5.91 Å². The summed E-state index contributed by atoms with van der Waals surface area (Å²) in [5, 5.41) is 1.30. The molecule has 0 radical (unpaired) electrons. The third-order valence-electron chi connectivity index (χ3n) is 5.30. The first-order valence-electron chi connectivity index (χ1n) is 10.1. The number of anilines is 2. The number of amides is 1. The minimum atomic E-state index is -0.378. The molecule has 0 unspecified atom stereocenters. The molecule has 8 heteroatoms. The van der Waals surface area contributed by atoms with Crippen LogP contribution in [0.25, 0.3) is 0 Å². The SMILES string of the molecule is CC(=O)c1ccc(N=C2SC(=C3Sc4ccccc4N3C)C(=O)N2c2ccc(F)cc2)cc1. The number of benzene rings is 3. The number of halogens is 1. The second-order valence-corrected chi connectivity index (χ2v) is 9.49. The van der Waals surface area contributed by atoms with Gasteiger partial charge in [0.05, 0.1) is 22.1 Å². The molecular weight excluding hydrogens is 457 g/mol. The second kappa shape index (κ2) is 8.53. The maximum absolute atomic E-state index is 13.6. The molecule has 2 aliphatic heterocycles. The van der Waals surface area contributed by atoms with Gasteiger partial charge in [-0.3, -0.25) is 14.5 Å². The van der Waals surface area contributed by atoms with Crippen LogP contribution in [0.15, 0.2) is 92.6 Å². The van der Waals surface area contributed by atoms with E-state index in [1.54, 1.807) is 48.2 Å². The number of aliphatic imine (C=N–C) groups is 1. The summed E-state index contributed by atoms with van der Waals surface area (Å²) in [5.41, 5.74) is 2.78. The molecule has 33 heavy (non-hydrogen) atoms. The first kappa shape index (κ1) is 21.5. The summed E-state index contributed by atoms with van der Waals surface area (Å²) < 4.78 is 13.6. The minimum Gasteiger partial charge on any atom is -0.337 e. The van der Waals surface area contributed by atoms with E-state index in [0.717, 1.165) is 15.6 Å². The number of Topliss-reactive ketones (excluding diaryl/α,β-unsaturated/α-hetero) is 1. The Morgan fingerprint density at radius 2 is 1.64 bits per heavy atom. The number of carbonyl (C=O) groups excluding carboxylic acids is 2. The molecule has 5 nitrogen and oxygen atoms in total. The van der Waals surface area contributed by atoms with E-state index in [0.29, 0.717) is 27.0 Å². The summed E-state index contributed by atoms with van der Waals surface area (Å²) in [6.45, 7) is 1.51. The molecular formula is C25H18FN3O2S2. The van der Waals surface area contributed by atoms with Crippen molar-refractivity contribution in [3.8, 4) is 0 Å². The maximum atomic E-state index is 13.6. The molecule has 164 valence electrons. The van der Waals surface area contributed by atoms with Crippen molar-refractivity contribution >= 4 is 57.4 Å². The minimum absolute atomic E-state index is 0.0274. The highest BCUT2D eigenvalue weighted by Gasteiger charge is 2.40. The molecule has 5 rings (SSSR count). The summed E-state index contributed by atoms with van der Waals surface area (Å²) in [4.78, 5) is 35.0. The molecule has 1 saturated heterocycles. The van der Waals surface area contributed by atoms with Crippen molar-refractivity contribution in [2.75, 3.05) is 16.8 Å². The quantitative estimate of drug-likeness (QED) is 0.333. The lowest BCUT2D eigenvalue weighted by atomic mass is 10.1. The van der Waals surface area contributed by atoms with E-state index in [-0.39, 0.29) is 17.5 Å². The van der Waals surface area contributed by atoms with Crippen molar-refractivity contribution in [3.63, 3.8) is 0 Å². The molecule has 0 saturated carbocycles. The molecule has 1 fully saturated rings. The highest BCUT2D eigenvalue weighted by molar-refractivity contribution is 8.20. The van der Waals surface area contributed by atoms with Crippen LogP contribution in [0.2, 0.25) is 0 Å². The molecule has 0 atom stereocenters. The number of para-hydroxylation sites is 1. The first-order chi connectivity index (χ1) is 15.9. The average Bonchev–Trinajstić information content (AvgIpc) is 3.31. The van der Waals surface area contributed by atoms with Crippen LogP contribution in [0.3, 0.4) is 0 Å². The Bertz CT molecular complexity index is 1330. The number of hydrogen-bond donors (Lipinski definition) is 0. The first-order valence-corrected chi connectivity index (χ1v) is 11.8. The fourth-order valence-corrected chi connectivity index (χ4v) is 5.92. The van der Waals surface area contributed by atoms with Gasteiger partial charge in [0.15, 0.2) is 11.0 Å². The molecule has 3 aromatic carbocycles. The predicted molar refractivity (Wildman–Crippen MR) is 133 cm³/mol. The monoisotopic (exact) mass is 475 g/mol. The Morgan fingerprint density at radius 1 is 0.939 bits per heavy atom. The van der Waals surface area contributed by atoms with Crippen LogP contribution in [0, 0.1) is 5.82 Å². The normalized spacial score (nSPS) is 18.9. The fraction of sp³-hybridized carbons (Fsp3) is 0.0800. The standard InChI is InChI=1S/C25H18FN3O2S2/c1-15(30)16-7-11-18(12-8-16)27-25-29(19-13-9-17(26)10-14-19)23(31)22(33-25)24-28(2)20-5-3-4-6-21(20)32-24/h3-14H,1-2H3. The number of carbonyl (C=O) groups is 2. The topological polar surface area (TPSA) is 53.0 Å². The lowest BCUT2D eigenvalue weighted by Crippen LogP contribution is -2.29. The molecule has 3 aromatic rings. The summed E-state index contributed by atoms with van der Waals surface area (Å²) >= 11 is 2.83. The number of thioether (sulfide) groups is 2. The molecule has 2 heterocycles. The fourth-order valence-electron chi connectivity index (χ4n) is 3.58. The van der Waals surface area contributed by atoms with E-state index in [2.05, 4.69) is 0 Å². The Hall–Kier alpha value is -3.36. The molecule has 2 aliphatic rings. The van der Waals surface area contributed by atoms with Gasteiger partial charge in [-0.15, -0.1) is 0 Å². The van der Waals surface area contributed by atoms with Crippen LogP contribution in [-0.2, 0) is 4.79 Å². The van der Waals surface area contributed by atoms with Gasteiger partial charge in [-0.05, 0) is 79.3 Å². The summed E-state index contributed by atoms with van der Waals surface area (Å²) in [5.74, 6) is -0.621. The summed E-state index contributed by atoms with van der Waals surface area (Å²) in [6, 6.07) is 20.7. The van der Waals surface area contributed by atoms with Gasteiger partial charge in [-0.2, -0.15) is 0 Å². The zero-order chi connectivity index (χ0) is 23.1. The third kappa shape index (κ3) is 3.96. The molecule has 0 aliphatic carbocycles. The van der Waals surface area contributed by atoms with Gasteiger partial charge in [-0.25, -0.2) is 9.38 Å². The Labute approximate surface area is 199 Å². The number of ketones is 1. The van der Waals surface area contributed by atoms with Crippen LogP contribution >= 0.6 is 23.5 Å². The summed E-state index contributed by atoms with van der Waals surface area (Å²) in [6.07, 6.45) is 0. The summed E-state index contributed by atoms with van der Waals surface area (Å²) in [7, 11) is 1.94. The lowest BCUT2D eigenvalue weighted by molar-refractivity contribution is -0.113. The molecule has 0 bridgehead atoms. The third-order valence-corrected chi connectivity index (χ3v) is 7.69. The average molecular weight is 476 g/mol. The van der Waals surface area contributed by atoms with Crippen molar-refractivity contribution < 1.29 is 14.0 Å². The maximum Gasteiger partial charge on any atom is 0.274 e. The largest absolute Gasteiger partial charge is 0.337 e. The van der Waals surface area contributed by atoms with Crippen LogP contribution in [0.1, 0.15) is 17.3 Å². The number of amidine groups is 1. The van der Waals surface area contributed by atoms with E-state index in [9.17, 15) is 14.0 Å². The predicted octanol–water partition coefficient (Wildman–Crippen LogP) is 6.21. The molecule has 0 N–H and O–H groups in total. The molecule has 0 aromatic heterocycles. The van der Waals surface area contributed by atoms with Gasteiger partial charge < -0.3 is 4.90 Å². The van der Waals surface area contributed by atoms with Crippen molar-refractivity contribution in [3.05, 3.63) is 94.1 Å². The Morgan fingerprint density at radius 3 is 2.30 bits per heavy atom. The number of fused-ring (bicyclic) bond motifs is 1. The second-order valence-electron chi connectivity index (χ2n) is 7.48. The lowest BCUT2D eigenvalue weighted by Gasteiger charge is -2.16. The Balaban J connectivity index is 1.59. The zero-order valence-electron chi connectivity index (χ0n) is 17.8. The highest BCUT2D eigenvalue weighted by atomic mass is 32.2. The zero-order valence-corrected chi connectivity index (χ0v) is 19.4. The van der Waals surface area contributed by atoms with Crippen LogP contribution in [0.4, 0.5) is 21.5 Å². The Kier molecular flexibility index (Phi) is 5.55. The van der Waals surface area contributed by atoms with E-state index < -0.39 is 0 Å². The van der Waals surface area contributed by atoms with E-state index in [4.69, 9.17) is 4.99 Å². The van der Waals surface area contributed by atoms with Gasteiger partial charge in [0.2, 0.25) is 0 Å². The smallest absolute Gasteiger partial charge is 0.274 e. The van der Waals surface area contributed by atoms with Gasteiger partial charge in [0, 0.05) is 17.5 Å². The molecule has 0 spiro atoms. The van der Waals surface area contributed by atoms with E-state index >= 15 is 0 Å². The van der Waals surface area contributed by atoms with Crippen LogP contribution in [0.5, 0.6) is 0 Å². The molecule has 1 amide bonds. The van der Waals surface area contributed by atoms with Gasteiger partial charge in [-0.1, -0.05) is 23.9 Å². The van der Waals surface area contributed by atoms with Gasteiger partial charge in [0.1, 0.15) is 10.7 Å². The van der Waals surface area contributed by atoms with Crippen LogP contribution in [-0.4, -0.2) is 23.9 Å². The van der Waals surface area contributed by atoms with E-state index in [1.165, 1.54) is 35.7 Å². The van der Waals surface area contributed by atoms with Crippen molar-refractivity contribution in [2.45, 2.75) is 11.8 Å². The number of nitrogens with zero attached hydrogens (tertiary/aromatic N) is 3. The number of rotatable bonds is 3. The van der Waals surface area contributed by atoms with Crippen molar-refractivity contribution in [1.82, 2.24) is 0 Å². The van der Waals surface area contributed by atoms with Crippen molar-refractivity contribution in [1.29, 1.82) is 0 Å². The van der Waals surface area contributed by atoms with Crippen LogP contribution < -0.4 is 9.80 Å². The highest BCUT2D eigenvalue weighted by Crippen LogP contribution is 2.50.